The molecule has 0 bridgehead atoms. The summed E-state index contributed by atoms with van der Waals surface area (Å²) in [6.07, 6.45) is 1.99. The molecule has 1 saturated heterocycles. The first-order valence-electron chi connectivity index (χ1n) is 14.2. The van der Waals surface area contributed by atoms with Gasteiger partial charge in [0.25, 0.3) is 5.69 Å². The Labute approximate surface area is 252 Å². The van der Waals surface area contributed by atoms with E-state index in [-0.39, 0.29) is 22.9 Å². The number of ketones is 2. The summed E-state index contributed by atoms with van der Waals surface area (Å²) in [5, 5.41) is 14.4. The van der Waals surface area contributed by atoms with Gasteiger partial charge in [0.05, 0.1) is 24.0 Å². The first-order chi connectivity index (χ1) is 21.3. The number of amides is 1. The van der Waals surface area contributed by atoms with Crippen molar-refractivity contribution in [3.63, 3.8) is 0 Å². The molecular weight excluding hydrogens is 558 g/mol. The largest absolute Gasteiger partial charge is 0.497 e. The average Bonchev–Trinajstić information content (AvgIpc) is 3.52. The molecule has 44 heavy (non-hydrogen) atoms. The van der Waals surface area contributed by atoms with Gasteiger partial charge >= 0.3 is 0 Å². The quantitative estimate of drug-likeness (QED) is 0.171. The van der Waals surface area contributed by atoms with E-state index in [2.05, 4.69) is 5.32 Å². The smallest absolute Gasteiger partial charge is 0.269 e. The maximum absolute atomic E-state index is 14.9. The molecule has 1 spiro atoms. The number of para-hydroxylation sites is 2. The van der Waals surface area contributed by atoms with Gasteiger partial charge in [-0.05, 0) is 54.5 Å². The number of hydrogen-bond donors (Lipinski definition) is 1. The van der Waals surface area contributed by atoms with Gasteiger partial charge in [0.2, 0.25) is 5.91 Å². The van der Waals surface area contributed by atoms with Crippen LogP contribution >= 0.6 is 0 Å². The minimum atomic E-state index is -1.47. The van der Waals surface area contributed by atoms with Crippen LogP contribution in [0.3, 0.4) is 0 Å². The van der Waals surface area contributed by atoms with Crippen molar-refractivity contribution in [1.29, 1.82) is 0 Å². The van der Waals surface area contributed by atoms with E-state index in [1.165, 1.54) is 31.4 Å². The summed E-state index contributed by atoms with van der Waals surface area (Å²) in [5.74, 6) is -1.85. The molecule has 7 rings (SSSR count). The standard InChI is InChI=1S/C35H27N3O6/c1-20-18-29-35(26-11-4-5-12-27(26)36-34(35)41)30(32(39)22-8-7-9-24(19-22)44-2)31(37(29)28-13-6-3-10-25(20)28)33(40)21-14-16-23(17-15-21)38(42)43/h3-19,29-31H,1-2H3,(H,36,41)/t29-,30-,31+,35-/m0/s1. The third-order valence-electron chi connectivity index (χ3n) is 9.15. The second kappa shape index (κ2) is 10.0. The van der Waals surface area contributed by atoms with Crippen molar-refractivity contribution in [2.45, 2.75) is 24.4 Å². The van der Waals surface area contributed by atoms with E-state index in [0.717, 1.165) is 16.8 Å². The third kappa shape index (κ3) is 3.75. The predicted molar refractivity (Wildman–Crippen MR) is 165 cm³/mol. The molecule has 0 unspecified atom stereocenters. The first kappa shape index (κ1) is 27.3. The number of ether oxygens (including phenoxy) is 1. The van der Waals surface area contributed by atoms with Crippen LogP contribution in [0.1, 0.15) is 38.8 Å². The van der Waals surface area contributed by atoms with Crippen molar-refractivity contribution in [1.82, 2.24) is 0 Å². The Bertz CT molecular complexity index is 1920. The molecule has 9 heteroatoms. The number of hydrogen-bond acceptors (Lipinski definition) is 7. The number of nitrogens with one attached hydrogen (secondary N) is 1. The number of allylic oxidation sites excluding steroid dienone is 1. The van der Waals surface area contributed by atoms with Gasteiger partial charge in [0.15, 0.2) is 11.6 Å². The average molecular weight is 586 g/mol. The van der Waals surface area contributed by atoms with Crippen LogP contribution in [0.4, 0.5) is 17.1 Å². The summed E-state index contributed by atoms with van der Waals surface area (Å²) in [7, 11) is 1.51. The van der Waals surface area contributed by atoms with Crippen LogP contribution < -0.4 is 15.0 Å². The van der Waals surface area contributed by atoms with Gasteiger partial charge in [0, 0.05) is 40.2 Å². The number of rotatable bonds is 6. The monoisotopic (exact) mass is 585 g/mol. The summed E-state index contributed by atoms with van der Waals surface area (Å²) in [6.45, 7) is 1.97. The summed E-state index contributed by atoms with van der Waals surface area (Å²) in [4.78, 5) is 56.9. The Hall–Kier alpha value is -5.57. The lowest BCUT2D eigenvalue weighted by atomic mass is 9.64. The van der Waals surface area contributed by atoms with Gasteiger partial charge < -0.3 is 15.0 Å². The lowest BCUT2D eigenvalue weighted by Crippen LogP contribution is -2.51. The number of fused-ring (bicyclic) bond motifs is 6. The molecule has 0 saturated carbocycles. The molecule has 1 amide bonds. The maximum atomic E-state index is 14.9. The Balaban J connectivity index is 1.53. The summed E-state index contributed by atoms with van der Waals surface area (Å²) in [6, 6.07) is 25.2. The molecule has 0 radical (unpaired) electrons. The van der Waals surface area contributed by atoms with Crippen LogP contribution in [0.2, 0.25) is 0 Å². The van der Waals surface area contributed by atoms with Crippen molar-refractivity contribution < 1.29 is 24.0 Å². The number of nitro groups is 1. The highest BCUT2D eigenvalue weighted by molar-refractivity contribution is 6.18. The van der Waals surface area contributed by atoms with Crippen LogP contribution in [0.25, 0.3) is 5.57 Å². The number of carbonyl (C=O) groups excluding carboxylic acids is 3. The van der Waals surface area contributed by atoms with Crippen molar-refractivity contribution >= 4 is 40.1 Å². The highest BCUT2D eigenvalue weighted by atomic mass is 16.6. The fraction of sp³-hybridized carbons (Fsp3) is 0.171. The molecule has 3 aliphatic heterocycles. The number of non-ortho nitro benzene ring substituents is 1. The molecule has 218 valence electrons. The number of nitrogens with zero attached hydrogens (tertiary/aromatic N) is 2. The molecule has 3 aliphatic rings. The number of benzene rings is 4. The van der Waals surface area contributed by atoms with E-state index in [1.54, 1.807) is 30.3 Å². The molecular formula is C35H27N3O6. The number of methoxy groups -OCH3 is 1. The summed E-state index contributed by atoms with van der Waals surface area (Å²) in [5.41, 5.74) is 2.67. The zero-order chi connectivity index (χ0) is 30.7. The van der Waals surface area contributed by atoms with Gasteiger partial charge in [-0.15, -0.1) is 0 Å². The Morgan fingerprint density at radius 3 is 2.39 bits per heavy atom. The van der Waals surface area contributed by atoms with Gasteiger partial charge in [0.1, 0.15) is 17.2 Å². The molecule has 9 nitrogen and oxygen atoms in total. The van der Waals surface area contributed by atoms with Gasteiger partial charge in [-0.25, -0.2) is 0 Å². The molecule has 4 atom stereocenters. The van der Waals surface area contributed by atoms with Crippen LogP contribution in [0.15, 0.2) is 103 Å². The van der Waals surface area contributed by atoms with Crippen LogP contribution in [0, 0.1) is 16.0 Å². The normalized spacial score (nSPS) is 22.9. The molecule has 4 aromatic rings. The van der Waals surface area contributed by atoms with Crippen LogP contribution in [0.5, 0.6) is 5.75 Å². The van der Waals surface area contributed by atoms with Gasteiger partial charge in [-0.1, -0.05) is 54.6 Å². The van der Waals surface area contributed by atoms with Crippen molar-refractivity contribution in [3.05, 3.63) is 136 Å². The van der Waals surface area contributed by atoms with Gasteiger partial charge in [-0.3, -0.25) is 24.5 Å². The van der Waals surface area contributed by atoms with E-state index in [1.807, 2.05) is 60.4 Å². The Kier molecular flexibility index (Phi) is 6.21. The second-order valence-electron chi connectivity index (χ2n) is 11.3. The first-order valence-corrected chi connectivity index (χ1v) is 14.2. The lowest BCUT2D eigenvalue weighted by Gasteiger charge is -2.39. The SMILES string of the molecule is COc1cccc(C(=O)[C@@H]2[C@H](C(=O)c3ccc([N+](=O)[O-])cc3)N3c4ccccc4C(C)=C[C@H]3[C@]23C(=O)Nc2ccccc23)c1. The minimum absolute atomic E-state index is 0.155. The third-order valence-corrected chi connectivity index (χ3v) is 9.15. The fourth-order valence-electron chi connectivity index (χ4n) is 7.26. The van der Waals surface area contributed by atoms with Crippen LogP contribution in [-0.4, -0.2) is 41.6 Å². The Morgan fingerprint density at radius 2 is 1.64 bits per heavy atom. The summed E-state index contributed by atoms with van der Waals surface area (Å²) >= 11 is 0. The molecule has 0 aliphatic carbocycles. The summed E-state index contributed by atoms with van der Waals surface area (Å²) < 4.78 is 5.42. The van der Waals surface area contributed by atoms with E-state index in [0.29, 0.717) is 22.6 Å². The zero-order valence-electron chi connectivity index (χ0n) is 23.9. The zero-order valence-corrected chi connectivity index (χ0v) is 23.9. The molecule has 0 aromatic heterocycles. The predicted octanol–water partition coefficient (Wildman–Crippen LogP) is 5.85. The highest BCUT2D eigenvalue weighted by Crippen LogP contribution is 2.58. The number of Topliss-reactive ketones (excluding diaryl/α,β-unsaturated/α-hetero) is 2. The number of anilines is 2. The number of nitro benzene ring substituents is 1. The Morgan fingerprint density at radius 1 is 0.909 bits per heavy atom. The van der Waals surface area contributed by atoms with E-state index in [4.69, 9.17) is 4.74 Å². The maximum Gasteiger partial charge on any atom is 0.269 e. The second-order valence-corrected chi connectivity index (χ2v) is 11.3. The molecule has 1 N–H and O–H groups in total. The molecule has 3 heterocycles. The topological polar surface area (TPSA) is 119 Å². The van der Waals surface area contributed by atoms with E-state index in [9.17, 15) is 24.5 Å². The van der Waals surface area contributed by atoms with Crippen LogP contribution in [-0.2, 0) is 10.2 Å². The van der Waals surface area contributed by atoms with Crippen molar-refractivity contribution in [2.75, 3.05) is 17.3 Å². The van der Waals surface area contributed by atoms with Gasteiger partial charge in [-0.2, -0.15) is 0 Å². The number of carbonyl (C=O) groups is 3. The fourth-order valence-corrected chi connectivity index (χ4v) is 7.26. The van der Waals surface area contributed by atoms with Crippen molar-refractivity contribution in [2.24, 2.45) is 5.92 Å². The lowest BCUT2D eigenvalue weighted by molar-refractivity contribution is -0.384. The van der Waals surface area contributed by atoms with E-state index < -0.39 is 34.1 Å². The minimum Gasteiger partial charge on any atom is -0.497 e. The highest BCUT2D eigenvalue weighted by Gasteiger charge is 2.70. The molecule has 4 aromatic carbocycles. The van der Waals surface area contributed by atoms with Crippen molar-refractivity contribution in [3.8, 4) is 5.75 Å². The van der Waals surface area contributed by atoms with E-state index >= 15 is 0 Å². The molecule has 1 fully saturated rings.